The van der Waals surface area contributed by atoms with Gasteiger partial charge in [-0.2, -0.15) is 5.10 Å². The molecule has 1 atom stereocenters. The number of nitrogens with zero attached hydrogens (tertiary/aromatic N) is 4. The highest BCUT2D eigenvalue weighted by molar-refractivity contribution is 7.99. The van der Waals surface area contributed by atoms with Gasteiger partial charge in [0, 0.05) is 17.4 Å². The smallest absolute Gasteiger partial charge is 0.277 e. The zero-order valence-electron chi connectivity index (χ0n) is 19.7. The molecule has 0 aliphatic carbocycles. The molecule has 2 aromatic carbocycles. The van der Waals surface area contributed by atoms with Gasteiger partial charge >= 0.3 is 0 Å². The molecule has 0 N–H and O–H groups in total. The number of hydrogen-bond donors (Lipinski definition) is 0. The number of benzene rings is 2. The lowest BCUT2D eigenvalue weighted by molar-refractivity contribution is -0.130. The molecule has 1 unspecified atom stereocenters. The number of amides is 1. The summed E-state index contributed by atoms with van der Waals surface area (Å²) in [6.45, 7) is 4.04. The predicted octanol–water partition coefficient (Wildman–Crippen LogP) is 6.16. The zero-order valence-corrected chi connectivity index (χ0v) is 20.5. The van der Waals surface area contributed by atoms with Gasteiger partial charge in [0.05, 0.1) is 12.0 Å². The molecule has 9 heteroatoms. The number of hydrazone groups is 1. The Balaban J connectivity index is 1.21. The minimum Gasteiger partial charge on any atom is -0.467 e. The molecule has 36 heavy (non-hydrogen) atoms. The first-order valence-corrected chi connectivity index (χ1v) is 12.5. The van der Waals surface area contributed by atoms with Gasteiger partial charge in [-0.1, -0.05) is 47.2 Å². The molecule has 1 aliphatic rings. The van der Waals surface area contributed by atoms with Gasteiger partial charge in [-0.25, -0.2) is 5.01 Å². The van der Waals surface area contributed by atoms with Crippen molar-refractivity contribution in [3.8, 4) is 11.5 Å². The molecule has 0 saturated carbocycles. The monoisotopic (exact) mass is 498 g/mol. The van der Waals surface area contributed by atoms with Crippen LogP contribution in [0.3, 0.4) is 0 Å². The van der Waals surface area contributed by atoms with E-state index in [1.165, 1.54) is 16.8 Å². The highest BCUT2D eigenvalue weighted by Gasteiger charge is 2.36. The predicted molar refractivity (Wildman–Crippen MR) is 136 cm³/mol. The van der Waals surface area contributed by atoms with E-state index < -0.39 is 0 Å². The molecule has 0 radical (unpaired) electrons. The van der Waals surface area contributed by atoms with Crippen LogP contribution < -0.4 is 0 Å². The van der Waals surface area contributed by atoms with Crippen LogP contribution >= 0.6 is 11.8 Å². The van der Waals surface area contributed by atoms with Gasteiger partial charge in [0.1, 0.15) is 23.1 Å². The van der Waals surface area contributed by atoms with Crippen LogP contribution in [0.15, 0.2) is 90.5 Å². The average Bonchev–Trinajstić information content (AvgIpc) is 3.66. The summed E-state index contributed by atoms with van der Waals surface area (Å²) in [7, 11) is 0. The van der Waals surface area contributed by atoms with E-state index in [0.717, 1.165) is 27.7 Å². The van der Waals surface area contributed by atoms with Crippen LogP contribution in [-0.2, 0) is 4.79 Å². The van der Waals surface area contributed by atoms with Crippen molar-refractivity contribution in [2.24, 2.45) is 5.10 Å². The second-order valence-electron chi connectivity index (χ2n) is 8.71. The maximum Gasteiger partial charge on any atom is 0.277 e. The number of para-hydroxylation sites is 1. The number of carbonyl (C=O) groups is 1. The van der Waals surface area contributed by atoms with Crippen LogP contribution in [0.4, 0.5) is 0 Å². The molecule has 8 nitrogen and oxygen atoms in total. The van der Waals surface area contributed by atoms with Crippen molar-refractivity contribution in [2.75, 3.05) is 5.75 Å². The summed E-state index contributed by atoms with van der Waals surface area (Å²) in [4.78, 5) is 13.3. The molecule has 180 valence electrons. The van der Waals surface area contributed by atoms with E-state index in [2.05, 4.69) is 21.4 Å². The van der Waals surface area contributed by atoms with Crippen LogP contribution in [0.5, 0.6) is 0 Å². The Morgan fingerprint density at radius 3 is 2.64 bits per heavy atom. The second kappa shape index (κ2) is 9.16. The molecule has 6 rings (SSSR count). The highest BCUT2D eigenvalue weighted by Crippen LogP contribution is 2.35. The van der Waals surface area contributed by atoms with Gasteiger partial charge < -0.3 is 13.3 Å². The Morgan fingerprint density at radius 2 is 1.86 bits per heavy atom. The zero-order chi connectivity index (χ0) is 24.6. The maximum absolute atomic E-state index is 13.3. The lowest BCUT2D eigenvalue weighted by Crippen LogP contribution is -2.28. The third-order valence-corrected chi connectivity index (χ3v) is 6.74. The number of furan rings is 2. The minimum absolute atomic E-state index is 0.0859. The summed E-state index contributed by atoms with van der Waals surface area (Å²) in [5.41, 5.74) is 4.56. The van der Waals surface area contributed by atoms with E-state index >= 15 is 0 Å². The Kier molecular flexibility index (Phi) is 5.69. The highest BCUT2D eigenvalue weighted by atomic mass is 32.2. The number of hydrogen-bond acceptors (Lipinski definition) is 8. The second-order valence-corrected chi connectivity index (χ2v) is 9.63. The average molecular weight is 499 g/mol. The van der Waals surface area contributed by atoms with Crippen molar-refractivity contribution in [2.45, 2.75) is 31.5 Å². The Hall–Kier alpha value is -4.11. The van der Waals surface area contributed by atoms with E-state index in [9.17, 15) is 4.79 Å². The number of thioether (sulfide) groups is 1. The molecule has 0 fully saturated rings. The van der Waals surface area contributed by atoms with Crippen LogP contribution in [0.2, 0.25) is 0 Å². The standard InChI is InChI=1S/C27H22N4O4S/c1-16-10-17(2)12-19(11-16)26-28-29-27(35-26)36-15-25(32)31-21(23-8-5-9-33-23)14-20(30-31)24-13-18-6-3-4-7-22(18)34-24/h3-13,21H,14-15H2,1-2H3. The molecule has 0 spiro atoms. The fourth-order valence-corrected chi connectivity index (χ4v) is 5.00. The van der Waals surface area contributed by atoms with E-state index in [4.69, 9.17) is 13.3 Å². The Bertz CT molecular complexity index is 1530. The SMILES string of the molecule is Cc1cc(C)cc(-c2nnc(SCC(=O)N3N=C(c4cc5ccccc5o4)CC3c3ccco3)o2)c1. The van der Waals surface area contributed by atoms with Gasteiger partial charge in [0.25, 0.3) is 11.1 Å². The number of fused-ring (bicyclic) bond motifs is 1. The van der Waals surface area contributed by atoms with Crippen LogP contribution in [-0.4, -0.2) is 32.6 Å². The fourth-order valence-electron chi connectivity index (χ4n) is 4.39. The summed E-state index contributed by atoms with van der Waals surface area (Å²) in [6, 6.07) is 19.1. The number of rotatable bonds is 6. The van der Waals surface area contributed by atoms with Crippen molar-refractivity contribution in [1.29, 1.82) is 0 Å². The molecule has 4 heterocycles. The van der Waals surface area contributed by atoms with E-state index in [-0.39, 0.29) is 17.7 Å². The lowest BCUT2D eigenvalue weighted by Gasteiger charge is -2.19. The van der Waals surface area contributed by atoms with Gasteiger partial charge in [-0.3, -0.25) is 4.79 Å². The summed E-state index contributed by atoms with van der Waals surface area (Å²) in [6.07, 6.45) is 2.08. The quantitative estimate of drug-likeness (QED) is 0.259. The largest absolute Gasteiger partial charge is 0.467 e. The van der Waals surface area contributed by atoms with Gasteiger partial charge in [-0.05, 0) is 50.2 Å². The van der Waals surface area contributed by atoms with Crippen molar-refractivity contribution in [3.63, 3.8) is 0 Å². The minimum atomic E-state index is -0.357. The van der Waals surface area contributed by atoms with E-state index in [0.29, 0.717) is 34.8 Å². The molecular weight excluding hydrogens is 476 g/mol. The first-order chi connectivity index (χ1) is 17.5. The number of aromatic nitrogens is 2. The van der Waals surface area contributed by atoms with Crippen molar-refractivity contribution >= 4 is 34.3 Å². The first kappa shape index (κ1) is 22.4. The van der Waals surface area contributed by atoms with Crippen molar-refractivity contribution in [1.82, 2.24) is 15.2 Å². The number of aryl methyl sites for hydroxylation is 2. The van der Waals surface area contributed by atoms with E-state index in [1.807, 2.05) is 62.4 Å². The normalized spacial score (nSPS) is 15.6. The third-order valence-electron chi connectivity index (χ3n) is 5.94. The fraction of sp³-hybridized carbons (Fsp3) is 0.185. The molecule has 5 aromatic rings. The summed E-state index contributed by atoms with van der Waals surface area (Å²) >= 11 is 1.18. The molecule has 0 saturated heterocycles. The third kappa shape index (κ3) is 4.33. The molecule has 1 amide bonds. The van der Waals surface area contributed by atoms with E-state index in [1.54, 1.807) is 12.3 Å². The molecular formula is C27H22N4O4S. The Labute approximate surface area is 211 Å². The van der Waals surface area contributed by atoms with Crippen LogP contribution in [0, 0.1) is 13.8 Å². The molecule has 1 aliphatic heterocycles. The maximum atomic E-state index is 13.3. The summed E-state index contributed by atoms with van der Waals surface area (Å²) < 4.78 is 17.4. The summed E-state index contributed by atoms with van der Waals surface area (Å²) in [5.74, 6) is 1.63. The lowest BCUT2D eigenvalue weighted by atomic mass is 10.1. The Morgan fingerprint density at radius 1 is 1.03 bits per heavy atom. The first-order valence-electron chi connectivity index (χ1n) is 11.5. The van der Waals surface area contributed by atoms with Crippen LogP contribution in [0.25, 0.3) is 22.4 Å². The van der Waals surface area contributed by atoms with Crippen LogP contribution in [0.1, 0.15) is 35.1 Å². The number of carbonyl (C=O) groups excluding carboxylic acids is 1. The van der Waals surface area contributed by atoms with Gasteiger partial charge in [0.2, 0.25) is 5.89 Å². The van der Waals surface area contributed by atoms with Crippen molar-refractivity contribution in [3.05, 3.63) is 89.6 Å². The molecule has 3 aromatic heterocycles. The van der Waals surface area contributed by atoms with Gasteiger partial charge in [-0.15, -0.1) is 10.2 Å². The van der Waals surface area contributed by atoms with Crippen molar-refractivity contribution < 1.29 is 18.0 Å². The topological polar surface area (TPSA) is 97.9 Å². The molecule has 0 bridgehead atoms. The summed E-state index contributed by atoms with van der Waals surface area (Å²) in [5, 5.41) is 15.7. The van der Waals surface area contributed by atoms with Gasteiger partial charge in [0.15, 0.2) is 5.76 Å².